The van der Waals surface area contributed by atoms with Crippen molar-refractivity contribution in [1.82, 2.24) is 20.2 Å². The highest BCUT2D eigenvalue weighted by Gasteiger charge is 2.10. The Balaban J connectivity index is 2.35. The Kier molecular flexibility index (Phi) is 3.42. The Labute approximate surface area is 101 Å². The minimum absolute atomic E-state index is 0.104. The smallest absolute Gasteiger partial charge is 0.213 e. The number of aliphatic hydroxyl groups is 1. The molecular weight excluding hydrogens is 248 g/mol. The van der Waals surface area contributed by atoms with Crippen LogP contribution < -0.4 is 0 Å². The van der Waals surface area contributed by atoms with Gasteiger partial charge in [-0.1, -0.05) is 17.7 Å². The first-order valence-corrected chi connectivity index (χ1v) is 5.70. The van der Waals surface area contributed by atoms with E-state index < -0.39 is 0 Å². The van der Waals surface area contributed by atoms with Gasteiger partial charge in [-0.3, -0.25) is 0 Å². The Bertz CT molecular complexity index is 502. The maximum absolute atomic E-state index is 9.24. The van der Waals surface area contributed by atoms with Crippen molar-refractivity contribution in [3.8, 4) is 0 Å². The molecule has 0 fully saturated rings. The molecule has 0 radical (unpaired) electrons. The van der Waals surface area contributed by atoms with Crippen LogP contribution in [0.3, 0.4) is 0 Å². The fourth-order valence-electron chi connectivity index (χ4n) is 1.19. The second-order valence-electron chi connectivity index (χ2n) is 3.06. The van der Waals surface area contributed by atoms with Gasteiger partial charge in [0.15, 0.2) is 0 Å². The monoisotopic (exact) mass is 256 g/mol. The van der Waals surface area contributed by atoms with Crippen molar-refractivity contribution in [1.29, 1.82) is 0 Å². The van der Waals surface area contributed by atoms with E-state index in [1.54, 1.807) is 17.8 Å². The van der Waals surface area contributed by atoms with Crippen molar-refractivity contribution >= 4 is 23.4 Å². The molecule has 0 aliphatic rings. The summed E-state index contributed by atoms with van der Waals surface area (Å²) in [6.07, 6.45) is 0. The lowest BCUT2D eigenvalue weighted by molar-refractivity contribution is 0.279. The fourth-order valence-corrected chi connectivity index (χ4v) is 2.37. The molecule has 0 atom stereocenters. The topological polar surface area (TPSA) is 63.8 Å². The number of aromatic nitrogens is 4. The number of hydrogen-bond acceptors (Lipinski definition) is 5. The highest BCUT2D eigenvalue weighted by atomic mass is 35.5. The number of aliphatic hydroxyl groups excluding tert-OH is 1. The van der Waals surface area contributed by atoms with Crippen LogP contribution in [0.5, 0.6) is 0 Å². The number of tetrazole rings is 1. The van der Waals surface area contributed by atoms with Gasteiger partial charge in [-0.25, -0.2) is 4.68 Å². The summed E-state index contributed by atoms with van der Waals surface area (Å²) in [6, 6.07) is 5.44. The van der Waals surface area contributed by atoms with E-state index in [0.717, 1.165) is 4.90 Å². The molecule has 7 heteroatoms. The van der Waals surface area contributed by atoms with E-state index in [-0.39, 0.29) is 6.61 Å². The van der Waals surface area contributed by atoms with Crippen molar-refractivity contribution in [3.05, 3.63) is 28.8 Å². The van der Waals surface area contributed by atoms with Crippen LogP contribution in [0.25, 0.3) is 0 Å². The molecule has 0 amide bonds. The maximum Gasteiger partial charge on any atom is 0.213 e. The summed E-state index contributed by atoms with van der Waals surface area (Å²) < 4.78 is 1.56. The first kappa shape index (κ1) is 11.4. The highest BCUT2D eigenvalue weighted by molar-refractivity contribution is 7.99. The third-order valence-corrected chi connectivity index (χ3v) is 3.50. The maximum atomic E-state index is 9.24. The van der Waals surface area contributed by atoms with E-state index in [1.165, 1.54) is 11.8 Å². The molecule has 0 aliphatic carbocycles. The SMILES string of the molecule is Cn1nnnc1Sc1cccc(Cl)c1CO. The van der Waals surface area contributed by atoms with E-state index in [9.17, 15) is 5.11 Å². The standard InChI is InChI=1S/C9H9ClN4OS/c1-14-9(11-12-13-14)16-8-4-2-3-7(10)6(8)5-15/h2-4,15H,5H2,1H3. The van der Waals surface area contributed by atoms with Gasteiger partial charge in [0.2, 0.25) is 5.16 Å². The third-order valence-electron chi connectivity index (χ3n) is 2.02. The van der Waals surface area contributed by atoms with Gasteiger partial charge in [-0.15, -0.1) is 5.10 Å². The average molecular weight is 257 g/mol. The molecule has 2 rings (SSSR count). The Hall–Kier alpha value is -1.11. The van der Waals surface area contributed by atoms with Gasteiger partial charge in [0.25, 0.3) is 0 Å². The lowest BCUT2D eigenvalue weighted by Gasteiger charge is -2.07. The summed E-state index contributed by atoms with van der Waals surface area (Å²) in [4.78, 5) is 0.855. The fraction of sp³-hybridized carbons (Fsp3) is 0.222. The van der Waals surface area contributed by atoms with E-state index in [2.05, 4.69) is 15.5 Å². The first-order valence-electron chi connectivity index (χ1n) is 4.51. The molecule has 0 unspecified atom stereocenters. The van der Waals surface area contributed by atoms with Crippen LogP contribution >= 0.6 is 23.4 Å². The van der Waals surface area contributed by atoms with Gasteiger partial charge < -0.3 is 5.11 Å². The van der Waals surface area contributed by atoms with E-state index >= 15 is 0 Å². The number of benzene rings is 1. The molecule has 2 aromatic rings. The van der Waals surface area contributed by atoms with Crippen LogP contribution in [0.1, 0.15) is 5.56 Å². The molecule has 0 bridgehead atoms. The summed E-state index contributed by atoms with van der Waals surface area (Å²) in [5, 5.41) is 21.6. The summed E-state index contributed by atoms with van der Waals surface area (Å²) in [5.74, 6) is 0. The number of rotatable bonds is 3. The Morgan fingerprint density at radius 1 is 1.50 bits per heavy atom. The molecule has 84 valence electrons. The molecule has 0 saturated carbocycles. The van der Waals surface area contributed by atoms with Gasteiger partial charge in [0.05, 0.1) is 6.61 Å². The molecule has 5 nitrogen and oxygen atoms in total. The quantitative estimate of drug-likeness (QED) is 0.902. The largest absolute Gasteiger partial charge is 0.392 e. The lowest BCUT2D eigenvalue weighted by atomic mass is 10.2. The van der Waals surface area contributed by atoms with Crippen LogP contribution in [0.2, 0.25) is 5.02 Å². The highest BCUT2D eigenvalue weighted by Crippen LogP contribution is 2.32. The average Bonchev–Trinajstić information content (AvgIpc) is 2.65. The van der Waals surface area contributed by atoms with Gasteiger partial charge in [-0.05, 0) is 34.3 Å². The van der Waals surface area contributed by atoms with Crippen LogP contribution in [0.15, 0.2) is 28.3 Å². The summed E-state index contributed by atoms with van der Waals surface area (Å²) in [7, 11) is 1.76. The zero-order valence-corrected chi connectivity index (χ0v) is 10.0. The minimum atomic E-state index is -0.104. The molecule has 0 aliphatic heterocycles. The van der Waals surface area contributed by atoms with Crippen molar-refractivity contribution in [2.24, 2.45) is 7.05 Å². The zero-order valence-electron chi connectivity index (χ0n) is 8.46. The summed E-state index contributed by atoms with van der Waals surface area (Å²) in [5.41, 5.74) is 0.692. The third kappa shape index (κ3) is 2.18. The Morgan fingerprint density at radius 2 is 2.31 bits per heavy atom. The number of aryl methyl sites for hydroxylation is 1. The van der Waals surface area contributed by atoms with Gasteiger partial charge in [0, 0.05) is 22.5 Å². The molecule has 16 heavy (non-hydrogen) atoms. The minimum Gasteiger partial charge on any atom is -0.392 e. The second kappa shape index (κ2) is 4.82. The van der Waals surface area contributed by atoms with Crippen molar-refractivity contribution in [3.63, 3.8) is 0 Å². The summed E-state index contributed by atoms with van der Waals surface area (Å²) in [6.45, 7) is -0.104. The second-order valence-corrected chi connectivity index (χ2v) is 4.48. The van der Waals surface area contributed by atoms with Gasteiger partial charge >= 0.3 is 0 Å². The van der Waals surface area contributed by atoms with Crippen molar-refractivity contribution < 1.29 is 5.11 Å². The number of nitrogens with zero attached hydrogens (tertiary/aromatic N) is 4. The van der Waals surface area contributed by atoms with E-state index in [4.69, 9.17) is 11.6 Å². The van der Waals surface area contributed by atoms with Crippen molar-refractivity contribution in [2.45, 2.75) is 16.7 Å². The van der Waals surface area contributed by atoms with Gasteiger partial charge in [-0.2, -0.15) is 0 Å². The van der Waals surface area contributed by atoms with Crippen LogP contribution in [0, 0.1) is 0 Å². The van der Waals surface area contributed by atoms with E-state index in [0.29, 0.717) is 15.7 Å². The predicted molar refractivity (Wildman–Crippen MR) is 60.3 cm³/mol. The molecule has 0 spiro atoms. The molecule has 1 aromatic carbocycles. The molecule has 0 saturated heterocycles. The normalized spacial score (nSPS) is 10.7. The van der Waals surface area contributed by atoms with Crippen LogP contribution in [0.4, 0.5) is 0 Å². The predicted octanol–water partition coefficient (Wildman–Crippen LogP) is 1.51. The van der Waals surface area contributed by atoms with E-state index in [1.807, 2.05) is 12.1 Å². The van der Waals surface area contributed by atoms with Crippen LogP contribution in [-0.4, -0.2) is 25.3 Å². The number of halogens is 1. The molecule has 1 heterocycles. The molecule has 1 aromatic heterocycles. The first-order chi connectivity index (χ1) is 7.72. The molecule has 1 N–H and O–H groups in total. The van der Waals surface area contributed by atoms with Crippen LogP contribution in [-0.2, 0) is 13.7 Å². The molecular formula is C9H9ClN4OS. The zero-order chi connectivity index (χ0) is 11.5. The Morgan fingerprint density at radius 3 is 2.94 bits per heavy atom. The number of hydrogen-bond donors (Lipinski definition) is 1. The van der Waals surface area contributed by atoms with Gasteiger partial charge in [0.1, 0.15) is 0 Å². The lowest BCUT2D eigenvalue weighted by Crippen LogP contribution is -1.94. The van der Waals surface area contributed by atoms with Crippen molar-refractivity contribution in [2.75, 3.05) is 0 Å². The summed E-state index contributed by atoms with van der Waals surface area (Å²) >= 11 is 7.35.